The summed E-state index contributed by atoms with van der Waals surface area (Å²) in [7, 11) is 1.61. The lowest BCUT2D eigenvalue weighted by Gasteiger charge is -2.09. The van der Waals surface area contributed by atoms with Gasteiger partial charge < -0.3 is 4.74 Å². The summed E-state index contributed by atoms with van der Waals surface area (Å²) in [5.41, 5.74) is -0.0959. The molecular formula is C8H12N2O2. The summed E-state index contributed by atoms with van der Waals surface area (Å²) in [6.45, 7) is 2.39. The van der Waals surface area contributed by atoms with E-state index in [0.29, 0.717) is 6.54 Å². The molecule has 4 nitrogen and oxygen atoms in total. The van der Waals surface area contributed by atoms with E-state index in [1.165, 1.54) is 10.7 Å². The van der Waals surface area contributed by atoms with Crippen LogP contribution in [0.3, 0.4) is 0 Å². The molecule has 0 aliphatic heterocycles. The minimum Gasteiger partial charge on any atom is -0.380 e. The van der Waals surface area contributed by atoms with Gasteiger partial charge in [0.1, 0.15) is 0 Å². The molecule has 0 fully saturated rings. The van der Waals surface area contributed by atoms with Gasteiger partial charge in [0.25, 0.3) is 5.56 Å². The molecule has 1 aromatic rings. The summed E-state index contributed by atoms with van der Waals surface area (Å²) >= 11 is 0. The van der Waals surface area contributed by atoms with Crippen LogP contribution in [0.2, 0.25) is 0 Å². The summed E-state index contributed by atoms with van der Waals surface area (Å²) < 4.78 is 6.39. The Morgan fingerprint density at radius 3 is 3.08 bits per heavy atom. The molecule has 0 aliphatic rings. The summed E-state index contributed by atoms with van der Waals surface area (Å²) in [5, 5.41) is 3.89. The van der Waals surface area contributed by atoms with Gasteiger partial charge in [-0.3, -0.25) is 4.79 Å². The van der Waals surface area contributed by atoms with Crippen LogP contribution in [0, 0.1) is 0 Å². The number of ether oxygens (including phenoxy) is 1. The van der Waals surface area contributed by atoms with Crippen molar-refractivity contribution in [3.63, 3.8) is 0 Å². The SMILES string of the molecule is COC(C)Cn1ncccc1=O. The Kier molecular flexibility index (Phi) is 2.99. The highest BCUT2D eigenvalue weighted by molar-refractivity contribution is 4.84. The average Bonchev–Trinajstić information content (AvgIpc) is 2.09. The van der Waals surface area contributed by atoms with Crippen LogP contribution in [0.5, 0.6) is 0 Å². The Balaban J connectivity index is 2.76. The van der Waals surface area contributed by atoms with Crippen molar-refractivity contribution in [3.05, 3.63) is 28.7 Å². The van der Waals surface area contributed by atoms with E-state index in [1.54, 1.807) is 19.4 Å². The van der Waals surface area contributed by atoms with Gasteiger partial charge in [0, 0.05) is 19.4 Å². The van der Waals surface area contributed by atoms with E-state index in [4.69, 9.17) is 4.74 Å². The van der Waals surface area contributed by atoms with Gasteiger partial charge in [0.05, 0.1) is 12.6 Å². The topological polar surface area (TPSA) is 44.1 Å². The van der Waals surface area contributed by atoms with Crippen molar-refractivity contribution in [2.45, 2.75) is 19.6 Å². The highest BCUT2D eigenvalue weighted by atomic mass is 16.5. The molecule has 0 aromatic carbocycles. The Hall–Kier alpha value is -1.16. The minimum atomic E-state index is -0.0959. The molecule has 0 N–H and O–H groups in total. The zero-order valence-corrected chi connectivity index (χ0v) is 7.23. The number of hydrogen-bond acceptors (Lipinski definition) is 3. The monoisotopic (exact) mass is 168 g/mol. The van der Waals surface area contributed by atoms with Gasteiger partial charge in [-0.1, -0.05) is 0 Å². The van der Waals surface area contributed by atoms with Crippen molar-refractivity contribution in [1.29, 1.82) is 0 Å². The second kappa shape index (κ2) is 4.01. The highest BCUT2D eigenvalue weighted by Crippen LogP contribution is 1.89. The van der Waals surface area contributed by atoms with Gasteiger partial charge in [0.15, 0.2) is 0 Å². The number of nitrogens with zero attached hydrogens (tertiary/aromatic N) is 2. The van der Waals surface area contributed by atoms with Crippen LogP contribution in [-0.4, -0.2) is 23.0 Å². The minimum absolute atomic E-state index is 0.0117. The first kappa shape index (κ1) is 8.93. The van der Waals surface area contributed by atoms with Crippen molar-refractivity contribution >= 4 is 0 Å². The molecule has 0 saturated carbocycles. The molecule has 1 unspecified atom stereocenters. The zero-order chi connectivity index (χ0) is 8.97. The molecule has 1 heterocycles. The predicted molar refractivity (Wildman–Crippen MR) is 45.0 cm³/mol. The van der Waals surface area contributed by atoms with Gasteiger partial charge >= 0.3 is 0 Å². The lowest BCUT2D eigenvalue weighted by Crippen LogP contribution is -2.27. The summed E-state index contributed by atoms with van der Waals surface area (Å²) in [4.78, 5) is 11.1. The van der Waals surface area contributed by atoms with E-state index in [-0.39, 0.29) is 11.7 Å². The number of methoxy groups -OCH3 is 1. The third-order valence-electron chi connectivity index (χ3n) is 1.62. The second-order valence-corrected chi connectivity index (χ2v) is 2.59. The lowest BCUT2D eigenvalue weighted by atomic mass is 10.4. The standard InChI is InChI=1S/C8H12N2O2/c1-7(12-2)6-10-8(11)4-3-5-9-10/h3-5,7H,6H2,1-2H3. The molecule has 1 rings (SSSR count). The first-order valence-electron chi connectivity index (χ1n) is 3.79. The molecule has 0 spiro atoms. The van der Waals surface area contributed by atoms with E-state index >= 15 is 0 Å². The van der Waals surface area contributed by atoms with Crippen LogP contribution in [0.1, 0.15) is 6.92 Å². The lowest BCUT2D eigenvalue weighted by molar-refractivity contribution is 0.0984. The molecule has 1 aromatic heterocycles. The van der Waals surface area contributed by atoms with Crippen LogP contribution in [0.15, 0.2) is 23.1 Å². The van der Waals surface area contributed by atoms with Gasteiger partial charge in [-0.05, 0) is 13.0 Å². The maximum Gasteiger partial charge on any atom is 0.266 e. The fourth-order valence-electron chi connectivity index (χ4n) is 0.842. The van der Waals surface area contributed by atoms with Crippen molar-refractivity contribution < 1.29 is 4.74 Å². The van der Waals surface area contributed by atoms with Gasteiger partial charge in [-0.25, -0.2) is 4.68 Å². The quantitative estimate of drug-likeness (QED) is 0.651. The molecule has 0 radical (unpaired) electrons. The predicted octanol–water partition coefficient (Wildman–Crippen LogP) is 0.278. The van der Waals surface area contributed by atoms with E-state index < -0.39 is 0 Å². The van der Waals surface area contributed by atoms with Gasteiger partial charge in [-0.2, -0.15) is 5.10 Å². The summed E-state index contributed by atoms with van der Waals surface area (Å²) in [5.74, 6) is 0. The third kappa shape index (κ3) is 2.17. The van der Waals surface area contributed by atoms with Gasteiger partial charge in [0.2, 0.25) is 0 Å². The number of hydrogen-bond donors (Lipinski definition) is 0. The smallest absolute Gasteiger partial charge is 0.266 e. The number of aromatic nitrogens is 2. The van der Waals surface area contributed by atoms with Crippen LogP contribution in [-0.2, 0) is 11.3 Å². The Morgan fingerprint density at radius 2 is 2.50 bits per heavy atom. The van der Waals surface area contributed by atoms with E-state index in [0.717, 1.165) is 0 Å². The normalized spacial score (nSPS) is 12.8. The molecule has 12 heavy (non-hydrogen) atoms. The van der Waals surface area contributed by atoms with Crippen molar-refractivity contribution in [2.24, 2.45) is 0 Å². The van der Waals surface area contributed by atoms with Crippen LogP contribution in [0.25, 0.3) is 0 Å². The van der Waals surface area contributed by atoms with Gasteiger partial charge in [-0.15, -0.1) is 0 Å². The molecular weight excluding hydrogens is 156 g/mol. The fraction of sp³-hybridized carbons (Fsp3) is 0.500. The van der Waals surface area contributed by atoms with Crippen molar-refractivity contribution in [2.75, 3.05) is 7.11 Å². The van der Waals surface area contributed by atoms with Crippen molar-refractivity contribution in [1.82, 2.24) is 9.78 Å². The average molecular weight is 168 g/mol. The first-order valence-corrected chi connectivity index (χ1v) is 3.79. The molecule has 66 valence electrons. The Bertz CT molecular complexity index is 295. The maximum absolute atomic E-state index is 11.1. The van der Waals surface area contributed by atoms with Crippen LogP contribution in [0.4, 0.5) is 0 Å². The van der Waals surface area contributed by atoms with Crippen LogP contribution < -0.4 is 5.56 Å². The van der Waals surface area contributed by atoms with Crippen LogP contribution >= 0.6 is 0 Å². The largest absolute Gasteiger partial charge is 0.380 e. The fourth-order valence-corrected chi connectivity index (χ4v) is 0.842. The number of rotatable bonds is 3. The molecule has 0 aliphatic carbocycles. The maximum atomic E-state index is 11.1. The van der Waals surface area contributed by atoms with Crippen molar-refractivity contribution in [3.8, 4) is 0 Å². The molecule has 1 atom stereocenters. The molecule has 0 amide bonds. The zero-order valence-electron chi connectivity index (χ0n) is 7.23. The Labute approximate surface area is 70.8 Å². The second-order valence-electron chi connectivity index (χ2n) is 2.59. The summed E-state index contributed by atoms with van der Waals surface area (Å²) in [6.07, 6.45) is 1.60. The van der Waals surface area contributed by atoms with E-state index in [1.807, 2.05) is 6.92 Å². The summed E-state index contributed by atoms with van der Waals surface area (Å²) in [6, 6.07) is 3.10. The Morgan fingerprint density at radius 1 is 1.75 bits per heavy atom. The van der Waals surface area contributed by atoms with E-state index in [2.05, 4.69) is 5.10 Å². The molecule has 0 bridgehead atoms. The van der Waals surface area contributed by atoms with E-state index in [9.17, 15) is 4.79 Å². The molecule has 4 heteroatoms. The first-order chi connectivity index (χ1) is 5.74. The molecule has 0 saturated heterocycles. The highest BCUT2D eigenvalue weighted by Gasteiger charge is 2.01. The third-order valence-corrected chi connectivity index (χ3v) is 1.62.